The first kappa shape index (κ1) is 9.30. The van der Waals surface area contributed by atoms with Crippen molar-refractivity contribution in [3.63, 3.8) is 0 Å². The monoisotopic (exact) mass is 184 g/mol. The largest absolute Gasteiger partial charge is 0.368 e. The first-order chi connectivity index (χ1) is 6.13. The van der Waals surface area contributed by atoms with Gasteiger partial charge >= 0.3 is 0 Å². The molecule has 0 aliphatic heterocycles. The van der Waals surface area contributed by atoms with Gasteiger partial charge in [0.15, 0.2) is 0 Å². The number of nitrogen functional groups attached to an aromatic ring is 1. The molecule has 1 atom stereocenters. The third-order valence-electron chi connectivity index (χ3n) is 1.49. The molecule has 0 fully saturated rings. The number of nitrogens with two attached hydrogens (primary N) is 1. The van der Waals surface area contributed by atoms with Crippen LogP contribution < -0.4 is 16.4 Å². The number of rotatable bonds is 3. The molecule has 0 bridgehead atoms. The van der Waals surface area contributed by atoms with E-state index in [0.717, 1.165) is 0 Å². The lowest BCUT2D eigenvalue weighted by atomic mass is 10.3. The van der Waals surface area contributed by atoms with Gasteiger partial charge in [0.2, 0.25) is 17.8 Å². The van der Waals surface area contributed by atoms with Gasteiger partial charge in [0.25, 0.3) is 0 Å². The van der Waals surface area contributed by atoms with E-state index in [-0.39, 0.29) is 17.9 Å². The molecule has 1 heterocycles. The van der Waals surface area contributed by atoms with Crippen LogP contribution >= 0.6 is 0 Å². The van der Waals surface area contributed by atoms with E-state index in [1.807, 2.05) is 0 Å². The van der Waals surface area contributed by atoms with Gasteiger partial charge in [-0.2, -0.15) is 4.98 Å². The van der Waals surface area contributed by atoms with Gasteiger partial charge in [-0.15, -0.1) is 5.10 Å². The van der Waals surface area contributed by atoms with Crippen LogP contribution in [0, 0.1) is 0 Å². The number of carbonyl (C=O) groups is 1. The van der Waals surface area contributed by atoms with Crippen LogP contribution in [0.2, 0.25) is 0 Å². The number of H-pyrrole nitrogens is 1. The summed E-state index contributed by atoms with van der Waals surface area (Å²) in [6.07, 6.45) is 0. The molecular weight excluding hydrogens is 172 g/mol. The molecule has 1 rings (SSSR count). The minimum atomic E-state index is -0.389. The minimum absolute atomic E-state index is 0.136. The molecule has 0 radical (unpaired) electrons. The molecule has 0 aliphatic carbocycles. The normalized spacial score (nSPS) is 12.2. The highest BCUT2D eigenvalue weighted by Gasteiger charge is 2.12. The van der Waals surface area contributed by atoms with Crippen LogP contribution in [0.3, 0.4) is 0 Å². The van der Waals surface area contributed by atoms with Crippen molar-refractivity contribution in [2.75, 3.05) is 18.1 Å². The Morgan fingerprint density at radius 2 is 2.38 bits per heavy atom. The zero-order valence-corrected chi connectivity index (χ0v) is 7.46. The van der Waals surface area contributed by atoms with Gasteiger partial charge in [-0.1, -0.05) is 0 Å². The highest BCUT2D eigenvalue weighted by atomic mass is 16.2. The number of aromatic nitrogens is 3. The number of hydrogen-bond donors (Lipinski definition) is 4. The van der Waals surface area contributed by atoms with E-state index in [4.69, 9.17) is 5.73 Å². The van der Waals surface area contributed by atoms with Crippen molar-refractivity contribution in [3.8, 4) is 0 Å². The number of nitrogens with zero attached hydrogens (tertiary/aromatic N) is 2. The number of anilines is 2. The number of carbonyl (C=O) groups excluding carboxylic acids is 1. The van der Waals surface area contributed by atoms with Gasteiger partial charge < -0.3 is 16.4 Å². The van der Waals surface area contributed by atoms with Crippen LogP contribution in [0.1, 0.15) is 6.92 Å². The third-order valence-corrected chi connectivity index (χ3v) is 1.49. The Kier molecular flexibility index (Phi) is 2.68. The summed E-state index contributed by atoms with van der Waals surface area (Å²) in [4.78, 5) is 14.8. The van der Waals surface area contributed by atoms with E-state index in [9.17, 15) is 4.79 Å². The maximum absolute atomic E-state index is 11.1. The molecule has 0 aromatic carbocycles. The second-order valence-corrected chi connectivity index (χ2v) is 2.52. The second kappa shape index (κ2) is 3.74. The molecule has 1 unspecified atom stereocenters. The van der Waals surface area contributed by atoms with E-state index in [1.165, 1.54) is 0 Å². The van der Waals surface area contributed by atoms with E-state index in [2.05, 4.69) is 25.8 Å². The fourth-order valence-corrected chi connectivity index (χ4v) is 0.815. The summed E-state index contributed by atoms with van der Waals surface area (Å²) in [6.45, 7) is 1.70. The molecule has 0 spiro atoms. The van der Waals surface area contributed by atoms with Gasteiger partial charge in [-0.3, -0.25) is 4.79 Å². The number of likely N-dealkylation sites (N-methyl/N-ethyl adjacent to an activating group) is 1. The Bertz CT molecular complexity index is 295. The fraction of sp³-hybridized carbons (Fsp3) is 0.500. The van der Waals surface area contributed by atoms with E-state index in [0.29, 0.717) is 5.95 Å². The zero-order chi connectivity index (χ0) is 9.84. The molecule has 5 N–H and O–H groups in total. The van der Waals surface area contributed by atoms with E-state index in [1.54, 1.807) is 14.0 Å². The molecule has 72 valence electrons. The molecule has 0 saturated heterocycles. The smallest absolute Gasteiger partial charge is 0.244 e. The van der Waals surface area contributed by atoms with Crippen LogP contribution in [0.4, 0.5) is 11.9 Å². The van der Waals surface area contributed by atoms with Crippen LogP contribution in [0.25, 0.3) is 0 Å². The molecule has 7 heteroatoms. The van der Waals surface area contributed by atoms with Crippen molar-refractivity contribution in [1.82, 2.24) is 20.5 Å². The average molecular weight is 184 g/mol. The Hall–Kier alpha value is -1.79. The summed E-state index contributed by atoms with van der Waals surface area (Å²) in [6, 6.07) is -0.389. The van der Waals surface area contributed by atoms with Crippen LogP contribution in [0.5, 0.6) is 0 Å². The molecule has 1 amide bonds. The molecule has 0 saturated carbocycles. The summed E-state index contributed by atoms with van der Waals surface area (Å²) in [7, 11) is 1.56. The number of hydrogen-bond acceptors (Lipinski definition) is 5. The Labute approximate surface area is 75.1 Å². The molecular formula is C6H12N6O. The number of nitrogens with one attached hydrogen (secondary N) is 3. The van der Waals surface area contributed by atoms with Gasteiger partial charge in [0, 0.05) is 7.05 Å². The van der Waals surface area contributed by atoms with Crippen molar-refractivity contribution in [2.24, 2.45) is 0 Å². The van der Waals surface area contributed by atoms with Crippen molar-refractivity contribution < 1.29 is 4.79 Å². The highest BCUT2D eigenvalue weighted by molar-refractivity contribution is 5.83. The summed E-state index contributed by atoms with van der Waals surface area (Å²) in [5.74, 6) is 0.392. The lowest BCUT2D eigenvalue weighted by Gasteiger charge is -2.09. The predicted octanol–water partition coefficient (Wildman–Crippen LogP) is -1.07. The Morgan fingerprint density at radius 3 is 2.85 bits per heavy atom. The van der Waals surface area contributed by atoms with Crippen LogP contribution in [-0.2, 0) is 4.79 Å². The van der Waals surface area contributed by atoms with Gasteiger partial charge in [0.05, 0.1) is 0 Å². The predicted molar refractivity (Wildman–Crippen MR) is 47.9 cm³/mol. The third kappa shape index (κ3) is 2.32. The standard InChI is InChI=1S/C6H12N6O/c1-3(4(13)8-2)9-6-10-5(7)11-12-6/h3H,1-2H3,(H,8,13)(H4,7,9,10,11,12). The molecule has 13 heavy (non-hydrogen) atoms. The first-order valence-corrected chi connectivity index (χ1v) is 3.79. The van der Waals surface area contributed by atoms with Gasteiger partial charge in [-0.25, -0.2) is 5.10 Å². The highest BCUT2D eigenvalue weighted by Crippen LogP contribution is 2.00. The maximum atomic E-state index is 11.1. The average Bonchev–Trinajstić information content (AvgIpc) is 2.49. The SMILES string of the molecule is CNC(=O)C(C)Nc1n[nH]c(N)n1. The van der Waals surface area contributed by atoms with Crippen LogP contribution in [-0.4, -0.2) is 34.2 Å². The van der Waals surface area contributed by atoms with Crippen molar-refractivity contribution >= 4 is 17.8 Å². The Balaban J connectivity index is 2.54. The molecule has 0 aliphatic rings. The maximum Gasteiger partial charge on any atom is 0.244 e. The lowest BCUT2D eigenvalue weighted by molar-refractivity contribution is -0.121. The van der Waals surface area contributed by atoms with Crippen molar-refractivity contribution in [2.45, 2.75) is 13.0 Å². The molecule has 1 aromatic rings. The summed E-state index contributed by atoms with van der Waals surface area (Å²) < 4.78 is 0. The van der Waals surface area contributed by atoms with Gasteiger partial charge in [0.1, 0.15) is 6.04 Å². The van der Waals surface area contributed by atoms with Crippen molar-refractivity contribution in [1.29, 1.82) is 0 Å². The quantitative estimate of drug-likeness (QED) is 0.478. The second-order valence-electron chi connectivity index (χ2n) is 2.52. The minimum Gasteiger partial charge on any atom is -0.368 e. The zero-order valence-electron chi connectivity index (χ0n) is 7.46. The fourth-order valence-electron chi connectivity index (χ4n) is 0.815. The Morgan fingerprint density at radius 1 is 1.69 bits per heavy atom. The van der Waals surface area contributed by atoms with Crippen LogP contribution in [0.15, 0.2) is 0 Å². The lowest BCUT2D eigenvalue weighted by Crippen LogP contribution is -2.35. The first-order valence-electron chi connectivity index (χ1n) is 3.79. The van der Waals surface area contributed by atoms with Gasteiger partial charge in [-0.05, 0) is 6.92 Å². The van der Waals surface area contributed by atoms with Crippen molar-refractivity contribution in [3.05, 3.63) is 0 Å². The summed E-state index contributed by atoms with van der Waals surface area (Å²) in [5, 5.41) is 11.4. The number of amides is 1. The van der Waals surface area contributed by atoms with E-state index < -0.39 is 0 Å². The summed E-state index contributed by atoms with van der Waals surface area (Å²) >= 11 is 0. The molecule has 7 nitrogen and oxygen atoms in total. The topological polar surface area (TPSA) is 109 Å². The summed E-state index contributed by atoms with van der Waals surface area (Å²) in [5.41, 5.74) is 5.29. The number of aromatic amines is 1. The van der Waals surface area contributed by atoms with E-state index >= 15 is 0 Å². The molecule has 1 aromatic heterocycles.